The number of aliphatic hydroxyl groups excluding tert-OH is 1. The number of rotatable bonds is 4. The molecule has 0 radical (unpaired) electrons. The quantitative estimate of drug-likeness (QED) is 0.303. The van der Waals surface area contributed by atoms with Gasteiger partial charge in [0.05, 0.1) is 7.11 Å². The summed E-state index contributed by atoms with van der Waals surface area (Å²) in [4.78, 5) is 23.0. The maximum atomic E-state index is 11.3. The third-order valence-electron chi connectivity index (χ3n) is 2.09. The van der Waals surface area contributed by atoms with Gasteiger partial charge in [-0.05, 0) is 24.5 Å². The van der Waals surface area contributed by atoms with E-state index in [2.05, 4.69) is 4.74 Å². The van der Waals surface area contributed by atoms with Crippen molar-refractivity contribution in [3.8, 4) is 0 Å². The number of thioether (sulfide) groups is 1. The molecule has 0 fully saturated rings. The van der Waals surface area contributed by atoms with Crippen LogP contribution in [-0.2, 0) is 14.3 Å². The maximum absolute atomic E-state index is 11.3. The molecule has 0 bridgehead atoms. The highest BCUT2D eigenvalue weighted by atomic mass is 35.5. The molecular weight excluding hydrogens is 276 g/mol. The predicted octanol–water partition coefficient (Wildman–Crippen LogP) is 2.70. The fourth-order valence-corrected chi connectivity index (χ4v) is 2.00. The van der Waals surface area contributed by atoms with Gasteiger partial charge in [-0.15, -0.1) is 11.8 Å². The molecule has 18 heavy (non-hydrogen) atoms. The molecule has 0 aliphatic carbocycles. The number of aliphatic hydroxyl groups is 1. The van der Waals surface area contributed by atoms with Crippen LogP contribution in [0.3, 0.4) is 0 Å². The topological polar surface area (TPSA) is 63.6 Å². The molecule has 0 unspecified atom stereocenters. The summed E-state index contributed by atoms with van der Waals surface area (Å²) >= 11 is 7.21. The smallest absolute Gasteiger partial charge is 0.378 e. The van der Waals surface area contributed by atoms with E-state index in [1.807, 2.05) is 6.26 Å². The first-order valence-electron chi connectivity index (χ1n) is 4.86. The Balaban J connectivity index is 3.13. The van der Waals surface area contributed by atoms with Gasteiger partial charge in [0, 0.05) is 21.6 Å². The molecule has 0 heterocycles. The van der Waals surface area contributed by atoms with Crippen molar-refractivity contribution in [2.45, 2.75) is 4.90 Å². The molecule has 1 N–H and O–H groups in total. The first-order chi connectivity index (χ1) is 8.49. The Morgan fingerprint density at radius 1 is 1.44 bits per heavy atom. The summed E-state index contributed by atoms with van der Waals surface area (Å²) in [5.41, 5.74) is 0.396. The summed E-state index contributed by atoms with van der Waals surface area (Å²) in [5.74, 6) is -2.28. The molecule has 6 heteroatoms. The van der Waals surface area contributed by atoms with E-state index in [0.29, 0.717) is 10.6 Å². The number of halogens is 1. The van der Waals surface area contributed by atoms with E-state index in [4.69, 9.17) is 11.6 Å². The summed E-state index contributed by atoms with van der Waals surface area (Å²) in [6, 6.07) is 4.91. The van der Waals surface area contributed by atoms with Gasteiger partial charge in [-0.25, -0.2) is 4.79 Å². The largest absolute Gasteiger partial charge is 0.507 e. The Bertz CT molecular complexity index is 511. The van der Waals surface area contributed by atoms with Gasteiger partial charge in [-0.3, -0.25) is 4.79 Å². The van der Waals surface area contributed by atoms with Gasteiger partial charge in [0.25, 0.3) is 5.78 Å². The second-order valence-electron chi connectivity index (χ2n) is 3.23. The number of benzene rings is 1. The number of ether oxygens (including phenoxy) is 1. The SMILES string of the molecule is COC(=O)C(=O)/C=C(\O)c1cc(Cl)ccc1SC. The van der Waals surface area contributed by atoms with Crippen molar-refractivity contribution in [2.75, 3.05) is 13.4 Å². The summed E-state index contributed by atoms with van der Waals surface area (Å²) in [6.45, 7) is 0. The van der Waals surface area contributed by atoms with E-state index in [-0.39, 0.29) is 5.76 Å². The second kappa shape index (κ2) is 6.47. The van der Waals surface area contributed by atoms with Gasteiger partial charge < -0.3 is 9.84 Å². The third kappa shape index (κ3) is 3.51. The van der Waals surface area contributed by atoms with Crippen LogP contribution in [0.5, 0.6) is 0 Å². The summed E-state index contributed by atoms with van der Waals surface area (Å²) in [7, 11) is 1.10. The minimum Gasteiger partial charge on any atom is -0.507 e. The highest BCUT2D eigenvalue weighted by Gasteiger charge is 2.14. The van der Waals surface area contributed by atoms with Crippen LogP contribution in [0, 0.1) is 0 Å². The average Bonchev–Trinajstić information content (AvgIpc) is 2.37. The standard InChI is InChI=1S/C12H11ClO4S/c1-17-12(16)10(15)6-9(14)8-5-7(13)3-4-11(8)18-2/h3-6,14H,1-2H3/b9-6-. The predicted molar refractivity (Wildman–Crippen MR) is 70.9 cm³/mol. The van der Waals surface area contributed by atoms with Gasteiger partial charge in [-0.2, -0.15) is 0 Å². The van der Waals surface area contributed by atoms with E-state index < -0.39 is 11.8 Å². The number of carbonyl (C=O) groups is 2. The minimum absolute atomic E-state index is 0.322. The molecule has 0 aliphatic rings. The van der Waals surface area contributed by atoms with Gasteiger partial charge >= 0.3 is 5.97 Å². The van der Waals surface area contributed by atoms with Crippen molar-refractivity contribution in [1.29, 1.82) is 0 Å². The zero-order valence-corrected chi connectivity index (χ0v) is 11.3. The van der Waals surface area contributed by atoms with E-state index in [0.717, 1.165) is 18.1 Å². The lowest BCUT2D eigenvalue weighted by molar-refractivity contribution is -0.149. The van der Waals surface area contributed by atoms with Crippen molar-refractivity contribution >= 4 is 40.9 Å². The van der Waals surface area contributed by atoms with E-state index in [9.17, 15) is 14.7 Å². The number of esters is 1. The van der Waals surface area contributed by atoms with Crippen LogP contribution in [0.15, 0.2) is 29.2 Å². The lowest BCUT2D eigenvalue weighted by Gasteiger charge is -2.06. The Hall–Kier alpha value is -1.46. The fourth-order valence-electron chi connectivity index (χ4n) is 1.24. The van der Waals surface area contributed by atoms with Gasteiger partial charge in [0.1, 0.15) is 5.76 Å². The summed E-state index contributed by atoms with van der Waals surface area (Å²) in [5, 5.41) is 10.3. The molecule has 0 saturated carbocycles. The first kappa shape index (κ1) is 14.6. The number of carbonyl (C=O) groups excluding carboxylic acids is 2. The summed E-state index contributed by atoms with van der Waals surface area (Å²) < 4.78 is 4.25. The van der Waals surface area contributed by atoms with Crippen LogP contribution < -0.4 is 0 Å². The van der Waals surface area contributed by atoms with Crippen LogP contribution in [0.4, 0.5) is 0 Å². The molecular formula is C12H11ClO4S. The lowest BCUT2D eigenvalue weighted by Crippen LogP contribution is -2.13. The second-order valence-corrected chi connectivity index (χ2v) is 4.51. The molecule has 0 aromatic heterocycles. The molecule has 1 aromatic rings. The average molecular weight is 287 g/mol. The zero-order chi connectivity index (χ0) is 13.7. The maximum Gasteiger partial charge on any atom is 0.378 e. The van der Waals surface area contributed by atoms with E-state index >= 15 is 0 Å². The van der Waals surface area contributed by atoms with Crippen LogP contribution >= 0.6 is 23.4 Å². The third-order valence-corrected chi connectivity index (χ3v) is 3.12. The first-order valence-corrected chi connectivity index (χ1v) is 6.46. The van der Waals surface area contributed by atoms with Crippen molar-refractivity contribution in [3.63, 3.8) is 0 Å². The highest BCUT2D eigenvalue weighted by Crippen LogP contribution is 2.28. The Morgan fingerprint density at radius 2 is 2.11 bits per heavy atom. The van der Waals surface area contributed by atoms with Crippen LogP contribution in [0.1, 0.15) is 5.56 Å². The Morgan fingerprint density at radius 3 is 2.67 bits per heavy atom. The molecule has 0 saturated heterocycles. The molecule has 0 aliphatic heterocycles. The van der Waals surface area contributed by atoms with Crippen LogP contribution in [0.2, 0.25) is 5.02 Å². The molecule has 0 atom stereocenters. The van der Waals surface area contributed by atoms with Crippen LogP contribution in [-0.4, -0.2) is 30.2 Å². The Labute approximate surface area is 114 Å². The number of methoxy groups -OCH3 is 1. The molecule has 1 aromatic carbocycles. The minimum atomic E-state index is -1.03. The molecule has 0 spiro atoms. The van der Waals surface area contributed by atoms with Gasteiger partial charge in [0.2, 0.25) is 0 Å². The van der Waals surface area contributed by atoms with Crippen LogP contribution in [0.25, 0.3) is 5.76 Å². The van der Waals surface area contributed by atoms with Crippen molar-refractivity contribution in [2.24, 2.45) is 0 Å². The molecule has 4 nitrogen and oxygen atoms in total. The van der Waals surface area contributed by atoms with Crippen molar-refractivity contribution < 1.29 is 19.4 Å². The summed E-state index contributed by atoms with van der Waals surface area (Å²) in [6.07, 6.45) is 2.64. The van der Waals surface area contributed by atoms with E-state index in [1.54, 1.807) is 12.1 Å². The molecule has 96 valence electrons. The van der Waals surface area contributed by atoms with Gasteiger partial charge in [-0.1, -0.05) is 11.6 Å². The number of hydrogen-bond donors (Lipinski definition) is 1. The fraction of sp³-hybridized carbons (Fsp3) is 0.167. The van der Waals surface area contributed by atoms with Crippen molar-refractivity contribution in [1.82, 2.24) is 0 Å². The van der Waals surface area contributed by atoms with Crippen molar-refractivity contribution in [3.05, 3.63) is 34.9 Å². The Kier molecular flexibility index (Phi) is 5.25. The van der Waals surface area contributed by atoms with E-state index in [1.165, 1.54) is 17.8 Å². The molecule has 1 rings (SSSR count). The normalized spacial score (nSPS) is 11.2. The number of hydrogen-bond acceptors (Lipinski definition) is 5. The lowest BCUT2D eigenvalue weighted by atomic mass is 10.1. The monoisotopic (exact) mass is 286 g/mol. The zero-order valence-electron chi connectivity index (χ0n) is 9.77. The highest BCUT2D eigenvalue weighted by molar-refractivity contribution is 7.98. The number of ketones is 1. The van der Waals surface area contributed by atoms with Gasteiger partial charge in [0.15, 0.2) is 0 Å². The molecule has 0 amide bonds.